The summed E-state index contributed by atoms with van der Waals surface area (Å²) in [6, 6.07) is 11.1. The molecule has 0 aromatic heterocycles. The smallest absolute Gasteiger partial charge is 0.273 e. The number of halogens is 1. The summed E-state index contributed by atoms with van der Waals surface area (Å²) < 4.78 is 11.5. The van der Waals surface area contributed by atoms with Gasteiger partial charge < -0.3 is 14.8 Å². The molecule has 2 aromatic carbocycles. The Morgan fingerprint density at radius 2 is 2.04 bits per heavy atom. The maximum absolute atomic E-state index is 12.3. The number of ether oxygens (including phenoxy) is 2. The Balaban J connectivity index is 2.09. The van der Waals surface area contributed by atoms with Gasteiger partial charge in [0.1, 0.15) is 11.5 Å². The fourth-order valence-electron chi connectivity index (χ4n) is 1.93. The van der Waals surface area contributed by atoms with Crippen LogP contribution in [0.4, 0.5) is 11.4 Å². The van der Waals surface area contributed by atoms with Crippen LogP contribution in [-0.2, 0) is 4.79 Å². The van der Waals surface area contributed by atoms with Crippen molar-refractivity contribution in [1.82, 2.24) is 0 Å². The van der Waals surface area contributed by atoms with E-state index in [-0.39, 0.29) is 11.4 Å². The maximum Gasteiger partial charge on any atom is 0.273 e. The Hall–Kier alpha value is -2.61. The van der Waals surface area contributed by atoms with Crippen LogP contribution in [0.1, 0.15) is 6.92 Å². The lowest BCUT2D eigenvalue weighted by Gasteiger charge is -2.16. The Morgan fingerprint density at radius 1 is 1.29 bits per heavy atom. The molecule has 2 rings (SSSR count). The first kappa shape index (κ1) is 17.7. The molecule has 0 saturated carbocycles. The highest BCUT2D eigenvalue weighted by Gasteiger charge is 2.18. The molecule has 0 bridgehead atoms. The number of amides is 1. The van der Waals surface area contributed by atoms with Gasteiger partial charge >= 0.3 is 0 Å². The largest absolute Gasteiger partial charge is 0.494 e. The molecule has 1 atom stereocenters. The van der Waals surface area contributed by atoms with Crippen LogP contribution >= 0.6 is 15.9 Å². The van der Waals surface area contributed by atoms with Crippen LogP contribution < -0.4 is 14.8 Å². The third-order valence-corrected chi connectivity index (χ3v) is 3.63. The molecule has 2 aromatic rings. The molecule has 0 aliphatic rings. The predicted octanol–water partition coefficient (Wildman–Crippen LogP) is 3.77. The van der Waals surface area contributed by atoms with Gasteiger partial charge in [-0.3, -0.25) is 14.9 Å². The summed E-state index contributed by atoms with van der Waals surface area (Å²) in [5, 5.41) is 13.4. The van der Waals surface area contributed by atoms with Crippen molar-refractivity contribution in [2.24, 2.45) is 0 Å². The van der Waals surface area contributed by atoms with Crippen molar-refractivity contribution in [1.29, 1.82) is 0 Å². The number of nitrogens with zero attached hydrogens (tertiary/aromatic N) is 1. The molecule has 0 radical (unpaired) electrons. The van der Waals surface area contributed by atoms with Gasteiger partial charge in [-0.1, -0.05) is 22.0 Å². The van der Waals surface area contributed by atoms with Crippen molar-refractivity contribution in [2.75, 3.05) is 12.4 Å². The van der Waals surface area contributed by atoms with Gasteiger partial charge in [0.15, 0.2) is 6.10 Å². The number of nitrogens with one attached hydrogen (secondary N) is 1. The summed E-state index contributed by atoms with van der Waals surface area (Å²) in [6.45, 7) is 1.61. The molecular weight excluding hydrogens is 380 g/mol. The Bertz CT molecular complexity index is 766. The third kappa shape index (κ3) is 4.45. The van der Waals surface area contributed by atoms with E-state index in [1.165, 1.54) is 25.3 Å². The summed E-state index contributed by atoms with van der Waals surface area (Å²) in [6.07, 6.45) is -0.765. The van der Waals surface area contributed by atoms with Gasteiger partial charge in [0.05, 0.1) is 23.8 Å². The van der Waals surface area contributed by atoms with Gasteiger partial charge in [0, 0.05) is 10.5 Å². The molecule has 126 valence electrons. The minimum atomic E-state index is -0.765. The number of carbonyl (C=O) groups excluding carboxylic acids is 1. The van der Waals surface area contributed by atoms with Crippen LogP contribution in [0, 0.1) is 10.1 Å². The van der Waals surface area contributed by atoms with E-state index in [2.05, 4.69) is 21.2 Å². The molecule has 0 heterocycles. The summed E-state index contributed by atoms with van der Waals surface area (Å²) in [7, 11) is 1.37. The number of benzene rings is 2. The molecule has 0 spiro atoms. The standard InChI is InChI=1S/C16H15BrN2O5/c1-10(24-13-5-3-4-11(17)8-13)16(20)18-14-7-6-12(19(21)22)9-15(14)23-2/h3-10H,1-2H3,(H,18,20)/t10-/m0/s1. The van der Waals surface area contributed by atoms with E-state index >= 15 is 0 Å². The molecule has 0 saturated heterocycles. The second-order valence-electron chi connectivity index (χ2n) is 4.85. The number of nitro benzene ring substituents is 1. The summed E-state index contributed by atoms with van der Waals surface area (Å²) >= 11 is 3.33. The predicted molar refractivity (Wildman–Crippen MR) is 92.5 cm³/mol. The van der Waals surface area contributed by atoms with Crippen LogP contribution in [0.25, 0.3) is 0 Å². The van der Waals surface area contributed by atoms with Gasteiger partial charge in [-0.2, -0.15) is 0 Å². The van der Waals surface area contributed by atoms with E-state index in [4.69, 9.17) is 9.47 Å². The van der Waals surface area contributed by atoms with E-state index in [0.717, 1.165) is 4.47 Å². The fourth-order valence-corrected chi connectivity index (χ4v) is 2.31. The monoisotopic (exact) mass is 394 g/mol. The number of non-ortho nitro benzene ring substituents is 1. The summed E-state index contributed by atoms with van der Waals surface area (Å²) in [5.74, 6) is 0.344. The van der Waals surface area contributed by atoms with Gasteiger partial charge in [-0.25, -0.2) is 0 Å². The lowest BCUT2D eigenvalue weighted by atomic mass is 10.2. The van der Waals surface area contributed by atoms with Gasteiger partial charge in [-0.15, -0.1) is 0 Å². The number of hydrogen-bond acceptors (Lipinski definition) is 5. The highest BCUT2D eigenvalue weighted by Crippen LogP contribution is 2.29. The quantitative estimate of drug-likeness (QED) is 0.594. The number of anilines is 1. The Kier molecular flexibility index (Phi) is 5.75. The summed E-state index contributed by atoms with van der Waals surface area (Å²) in [4.78, 5) is 22.5. The molecule has 0 unspecified atom stereocenters. The number of rotatable bonds is 6. The zero-order valence-electron chi connectivity index (χ0n) is 13.0. The molecule has 8 heteroatoms. The van der Waals surface area contributed by atoms with Gasteiger partial charge in [0.25, 0.3) is 11.6 Å². The fraction of sp³-hybridized carbons (Fsp3) is 0.188. The second kappa shape index (κ2) is 7.78. The Morgan fingerprint density at radius 3 is 2.67 bits per heavy atom. The van der Waals surface area contributed by atoms with E-state index < -0.39 is 16.9 Å². The number of nitro groups is 1. The number of methoxy groups -OCH3 is 1. The molecule has 7 nitrogen and oxygen atoms in total. The molecule has 24 heavy (non-hydrogen) atoms. The number of hydrogen-bond donors (Lipinski definition) is 1. The van der Waals surface area contributed by atoms with Crippen LogP contribution in [0.3, 0.4) is 0 Å². The lowest BCUT2D eigenvalue weighted by molar-refractivity contribution is -0.384. The van der Waals surface area contributed by atoms with Crippen LogP contribution in [0.2, 0.25) is 0 Å². The van der Waals surface area contributed by atoms with Gasteiger partial charge in [0.2, 0.25) is 0 Å². The van der Waals surface area contributed by atoms with Crippen molar-refractivity contribution in [3.8, 4) is 11.5 Å². The molecule has 1 N–H and O–H groups in total. The first-order valence-corrected chi connectivity index (χ1v) is 7.75. The van der Waals surface area contributed by atoms with Crippen LogP contribution in [0.5, 0.6) is 11.5 Å². The minimum Gasteiger partial charge on any atom is -0.494 e. The minimum absolute atomic E-state index is 0.122. The first-order chi connectivity index (χ1) is 11.4. The van der Waals surface area contributed by atoms with Crippen LogP contribution in [-0.4, -0.2) is 24.0 Å². The van der Waals surface area contributed by atoms with Crippen molar-refractivity contribution >= 4 is 33.2 Å². The van der Waals surface area contributed by atoms with Gasteiger partial charge in [-0.05, 0) is 31.2 Å². The van der Waals surface area contributed by atoms with Crippen molar-refractivity contribution in [3.05, 3.63) is 57.1 Å². The maximum atomic E-state index is 12.3. The van der Waals surface area contributed by atoms with E-state index in [1.54, 1.807) is 25.1 Å². The van der Waals surface area contributed by atoms with Crippen molar-refractivity contribution in [2.45, 2.75) is 13.0 Å². The topological polar surface area (TPSA) is 90.7 Å². The summed E-state index contributed by atoms with van der Waals surface area (Å²) in [5.41, 5.74) is 0.209. The third-order valence-electron chi connectivity index (χ3n) is 3.13. The van der Waals surface area contributed by atoms with E-state index in [1.807, 2.05) is 6.07 Å². The van der Waals surface area contributed by atoms with E-state index in [9.17, 15) is 14.9 Å². The second-order valence-corrected chi connectivity index (χ2v) is 5.76. The average molecular weight is 395 g/mol. The zero-order valence-corrected chi connectivity index (χ0v) is 14.6. The molecule has 0 aliphatic carbocycles. The first-order valence-electron chi connectivity index (χ1n) is 6.96. The molecule has 0 fully saturated rings. The normalized spacial score (nSPS) is 11.5. The van der Waals surface area contributed by atoms with E-state index in [0.29, 0.717) is 11.4 Å². The molecule has 1 amide bonds. The lowest BCUT2D eigenvalue weighted by Crippen LogP contribution is -2.30. The number of carbonyl (C=O) groups is 1. The van der Waals surface area contributed by atoms with Crippen molar-refractivity contribution in [3.63, 3.8) is 0 Å². The Labute approximate surface area is 146 Å². The van der Waals surface area contributed by atoms with Crippen LogP contribution in [0.15, 0.2) is 46.9 Å². The SMILES string of the molecule is COc1cc([N+](=O)[O-])ccc1NC(=O)[C@H](C)Oc1cccc(Br)c1. The average Bonchev–Trinajstić information content (AvgIpc) is 2.54. The zero-order chi connectivity index (χ0) is 17.7. The molecule has 0 aliphatic heterocycles. The highest BCUT2D eigenvalue weighted by atomic mass is 79.9. The van der Waals surface area contributed by atoms with Crippen molar-refractivity contribution < 1.29 is 19.2 Å². The molecular formula is C16H15BrN2O5. The highest BCUT2D eigenvalue weighted by molar-refractivity contribution is 9.10.